The normalized spacial score (nSPS) is 25.5. The first-order valence-electron chi connectivity index (χ1n) is 5.01. The van der Waals surface area contributed by atoms with Crippen molar-refractivity contribution in [1.29, 1.82) is 0 Å². The first kappa shape index (κ1) is 10.6. The van der Waals surface area contributed by atoms with Gasteiger partial charge >= 0.3 is 0 Å². The number of hydrogen-bond acceptors (Lipinski definition) is 4. The number of hydrogen-bond donors (Lipinski definition) is 0. The van der Waals surface area contributed by atoms with E-state index in [2.05, 4.69) is 16.9 Å². The molecule has 0 aromatic carbocycles. The fraction of sp³-hybridized carbons (Fsp3) is 0.600. The quantitative estimate of drug-likeness (QED) is 0.772. The molecule has 1 fully saturated rings. The Bertz CT molecular complexity index is 347. The minimum absolute atomic E-state index is 0.216. The van der Waals surface area contributed by atoms with Gasteiger partial charge in [-0.25, -0.2) is 9.97 Å². The molecule has 82 valence electrons. The van der Waals surface area contributed by atoms with E-state index in [-0.39, 0.29) is 6.10 Å². The summed E-state index contributed by atoms with van der Waals surface area (Å²) >= 11 is 5.99. The predicted molar refractivity (Wildman–Crippen MR) is 59.3 cm³/mol. The molecule has 0 saturated carbocycles. The van der Waals surface area contributed by atoms with Crippen LogP contribution in [0.4, 0.5) is 5.82 Å². The summed E-state index contributed by atoms with van der Waals surface area (Å²) in [5.41, 5.74) is 0. The van der Waals surface area contributed by atoms with E-state index in [9.17, 15) is 0 Å². The molecule has 2 heterocycles. The number of nitrogens with zero attached hydrogens (tertiary/aromatic N) is 3. The standard InChI is InChI=1S/C10H14ClN3O/c1-7-8(3-6-15-7)14(2)10-9(11)12-4-5-13-10/h4-5,7-8H,3,6H2,1-2H3. The SMILES string of the molecule is CC1OCCC1N(C)c1nccnc1Cl. The van der Waals surface area contributed by atoms with Crippen LogP contribution in [-0.2, 0) is 4.74 Å². The van der Waals surface area contributed by atoms with Crippen LogP contribution in [0, 0.1) is 0 Å². The Hall–Kier alpha value is -0.870. The Morgan fingerprint density at radius 1 is 1.47 bits per heavy atom. The van der Waals surface area contributed by atoms with Crippen molar-refractivity contribution in [3.63, 3.8) is 0 Å². The van der Waals surface area contributed by atoms with Crippen LogP contribution in [0.3, 0.4) is 0 Å². The molecule has 2 rings (SSSR count). The molecule has 0 N–H and O–H groups in total. The molecular formula is C10H14ClN3O. The fourth-order valence-corrected chi connectivity index (χ4v) is 2.17. The van der Waals surface area contributed by atoms with E-state index in [1.807, 2.05) is 11.9 Å². The van der Waals surface area contributed by atoms with Gasteiger partial charge in [0, 0.05) is 26.0 Å². The van der Waals surface area contributed by atoms with Gasteiger partial charge in [-0.15, -0.1) is 0 Å². The van der Waals surface area contributed by atoms with E-state index in [4.69, 9.17) is 16.3 Å². The summed E-state index contributed by atoms with van der Waals surface area (Å²) < 4.78 is 5.51. The predicted octanol–water partition coefficient (Wildman–Crippen LogP) is 1.74. The lowest BCUT2D eigenvalue weighted by Crippen LogP contribution is -2.37. The maximum Gasteiger partial charge on any atom is 0.171 e. The largest absolute Gasteiger partial charge is 0.376 e. The molecule has 1 aromatic rings. The van der Waals surface area contributed by atoms with Gasteiger partial charge in [0.2, 0.25) is 0 Å². The summed E-state index contributed by atoms with van der Waals surface area (Å²) in [5, 5.41) is 0.444. The van der Waals surface area contributed by atoms with Crippen LogP contribution in [0.2, 0.25) is 5.15 Å². The van der Waals surface area contributed by atoms with Crippen molar-refractivity contribution in [3.8, 4) is 0 Å². The molecule has 0 bridgehead atoms. The maximum absolute atomic E-state index is 5.99. The highest BCUT2D eigenvalue weighted by molar-refractivity contribution is 6.31. The number of aromatic nitrogens is 2. The monoisotopic (exact) mass is 227 g/mol. The fourth-order valence-electron chi connectivity index (χ4n) is 1.94. The Labute approximate surface area is 94.2 Å². The van der Waals surface area contributed by atoms with E-state index >= 15 is 0 Å². The van der Waals surface area contributed by atoms with Crippen molar-refractivity contribution in [2.24, 2.45) is 0 Å². The Balaban J connectivity index is 2.20. The molecule has 0 radical (unpaired) electrons. The number of anilines is 1. The summed E-state index contributed by atoms with van der Waals surface area (Å²) in [5.74, 6) is 0.724. The second-order valence-corrected chi connectivity index (χ2v) is 4.07. The highest BCUT2D eigenvalue weighted by Gasteiger charge is 2.29. The summed E-state index contributed by atoms with van der Waals surface area (Å²) in [6, 6.07) is 0.333. The molecule has 1 aliphatic rings. The van der Waals surface area contributed by atoms with Gasteiger partial charge in [-0.1, -0.05) is 11.6 Å². The molecule has 1 aliphatic heterocycles. The molecule has 0 amide bonds. The lowest BCUT2D eigenvalue weighted by molar-refractivity contribution is 0.118. The first-order valence-corrected chi connectivity index (χ1v) is 5.39. The number of halogens is 1. The molecule has 0 spiro atoms. The summed E-state index contributed by atoms with van der Waals surface area (Å²) in [6.45, 7) is 2.87. The lowest BCUT2D eigenvalue weighted by atomic mass is 10.1. The smallest absolute Gasteiger partial charge is 0.171 e. The first-order chi connectivity index (χ1) is 7.20. The average molecular weight is 228 g/mol. The van der Waals surface area contributed by atoms with Crippen LogP contribution < -0.4 is 4.90 Å². The third-order valence-corrected chi connectivity index (χ3v) is 3.07. The van der Waals surface area contributed by atoms with Gasteiger partial charge in [0.25, 0.3) is 0 Å². The van der Waals surface area contributed by atoms with Gasteiger partial charge in [0.1, 0.15) is 0 Å². The minimum Gasteiger partial charge on any atom is -0.376 e. The zero-order valence-electron chi connectivity index (χ0n) is 8.85. The molecule has 4 nitrogen and oxygen atoms in total. The van der Waals surface area contributed by atoms with E-state index in [1.54, 1.807) is 12.4 Å². The molecule has 2 atom stereocenters. The second-order valence-electron chi connectivity index (χ2n) is 3.71. The molecule has 5 heteroatoms. The second kappa shape index (κ2) is 4.33. The van der Waals surface area contributed by atoms with Gasteiger partial charge in [-0.3, -0.25) is 0 Å². The zero-order valence-corrected chi connectivity index (χ0v) is 9.61. The van der Waals surface area contributed by atoms with Crippen LogP contribution in [0.1, 0.15) is 13.3 Å². The van der Waals surface area contributed by atoms with Crippen molar-refractivity contribution in [3.05, 3.63) is 17.5 Å². The van der Waals surface area contributed by atoms with Crippen LogP contribution in [0.25, 0.3) is 0 Å². The molecule has 0 aliphatic carbocycles. The van der Waals surface area contributed by atoms with E-state index < -0.39 is 0 Å². The van der Waals surface area contributed by atoms with Crippen LogP contribution in [0.5, 0.6) is 0 Å². The van der Waals surface area contributed by atoms with Gasteiger partial charge in [-0.2, -0.15) is 0 Å². The molecule has 1 saturated heterocycles. The van der Waals surface area contributed by atoms with E-state index in [0.29, 0.717) is 11.2 Å². The third kappa shape index (κ3) is 2.06. The Kier molecular flexibility index (Phi) is 3.07. The van der Waals surface area contributed by atoms with Crippen molar-refractivity contribution in [2.75, 3.05) is 18.6 Å². The van der Waals surface area contributed by atoms with Crippen LogP contribution >= 0.6 is 11.6 Å². The van der Waals surface area contributed by atoms with Crippen molar-refractivity contribution in [1.82, 2.24) is 9.97 Å². The molecule has 1 aromatic heterocycles. The van der Waals surface area contributed by atoms with Crippen molar-refractivity contribution < 1.29 is 4.74 Å². The molecular weight excluding hydrogens is 214 g/mol. The molecule has 2 unspecified atom stereocenters. The van der Waals surface area contributed by atoms with E-state index in [1.165, 1.54) is 0 Å². The maximum atomic E-state index is 5.99. The Morgan fingerprint density at radius 2 is 2.20 bits per heavy atom. The van der Waals surface area contributed by atoms with Crippen LogP contribution in [0.15, 0.2) is 12.4 Å². The van der Waals surface area contributed by atoms with Crippen LogP contribution in [-0.4, -0.2) is 35.8 Å². The third-order valence-electron chi connectivity index (χ3n) is 2.80. The average Bonchev–Trinajstić information content (AvgIpc) is 2.64. The number of rotatable bonds is 2. The highest BCUT2D eigenvalue weighted by Crippen LogP contribution is 2.26. The van der Waals surface area contributed by atoms with Crippen molar-refractivity contribution in [2.45, 2.75) is 25.5 Å². The highest BCUT2D eigenvalue weighted by atomic mass is 35.5. The summed E-state index contributed by atoms with van der Waals surface area (Å²) in [7, 11) is 1.98. The summed E-state index contributed by atoms with van der Waals surface area (Å²) in [4.78, 5) is 10.3. The lowest BCUT2D eigenvalue weighted by Gasteiger charge is -2.27. The molecule has 15 heavy (non-hydrogen) atoms. The Morgan fingerprint density at radius 3 is 2.80 bits per heavy atom. The number of likely N-dealkylation sites (N-methyl/N-ethyl adjacent to an activating group) is 1. The van der Waals surface area contributed by atoms with Crippen molar-refractivity contribution >= 4 is 17.4 Å². The zero-order chi connectivity index (χ0) is 10.8. The van der Waals surface area contributed by atoms with Gasteiger partial charge < -0.3 is 9.64 Å². The summed E-state index contributed by atoms with van der Waals surface area (Å²) in [6.07, 6.45) is 4.46. The van der Waals surface area contributed by atoms with Gasteiger partial charge in [-0.05, 0) is 13.3 Å². The van der Waals surface area contributed by atoms with Gasteiger partial charge in [0.05, 0.1) is 12.1 Å². The number of ether oxygens (including phenoxy) is 1. The van der Waals surface area contributed by atoms with Gasteiger partial charge in [0.15, 0.2) is 11.0 Å². The topological polar surface area (TPSA) is 38.2 Å². The van der Waals surface area contributed by atoms with E-state index in [0.717, 1.165) is 18.8 Å². The minimum atomic E-state index is 0.216.